The maximum Gasteiger partial charge on any atom is 0.253 e. The van der Waals surface area contributed by atoms with E-state index in [0.29, 0.717) is 27.7 Å². The third-order valence-corrected chi connectivity index (χ3v) is 5.19. The van der Waals surface area contributed by atoms with Gasteiger partial charge in [-0.3, -0.25) is 9.59 Å². The van der Waals surface area contributed by atoms with E-state index in [1.807, 2.05) is 29.2 Å². The molecule has 0 spiro atoms. The van der Waals surface area contributed by atoms with E-state index < -0.39 is 0 Å². The Kier molecular flexibility index (Phi) is 6.17. The van der Waals surface area contributed by atoms with Gasteiger partial charge in [0.2, 0.25) is 5.91 Å². The summed E-state index contributed by atoms with van der Waals surface area (Å²) in [5.41, 5.74) is 2.24. The molecule has 0 aromatic heterocycles. The first-order valence-corrected chi connectivity index (χ1v) is 9.38. The van der Waals surface area contributed by atoms with Crippen molar-refractivity contribution in [2.75, 3.05) is 13.1 Å². The van der Waals surface area contributed by atoms with E-state index in [9.17, 15) is 9.59 Å². The summed E-state index contributed by atoms with van der Waals surface area (Å²) in [5, 5.41) is 3.82. The molecule has 1 fully saturated rings. The summed E-state index contributed by atoms with van der Waals surface area (Å²) in [5.74, 6) is -0.0799. The number of halogens is 2. The average molecular weight is 391 g/mol. The minimum absolute atomic E-state index is 0.0754. The van der Waals surface area contributed by atoms with Crippen LogP contribution in [0.5, 0.6) is 0 Å². The lowest BCUT2D eigenvalue weighted by atomic mass is 10.1. The van der Waals surface area contributed by atoms with Crippen LogP contribution in [-0.4, -0.2) is 29.8 Å². The lowest BCUT2D eigenvalue weighted by molar-refractivity contribution is -0.120. The lowest BCUT2D eigenvalue weighted by Crippen LogP contribution is -2.27. The van der Waals surface area contributed by atoms with Crippen molar-refractivity contribution >= 4 is 35.0 Å². The van der Waals surface area contributed by atoms with Gasteiger partial charge in [0.25, 0.3) is 5.91 Å². The van der Waals surface area contributed by atoms with Crippen molar-refractivity contribution < 1.29 is 9.59 Å². The first kappa shape index (κ1) is 18.7. The number of rotatable bonds is 5. The van der Waals surface area contributed by atoms with E-state index in [4.69, 9.17) is 23.2 Å². The molecule has 4 nitrogen and oxygen atoms in total. The number of carbonyl (C=O) groups is 2. The first-order chi connectivity index (χ1) is 12.5. The van der Waals surface area contributed by atoms with Gasteiger partial charge < -0.3 is 10.2 Å². The smallest absolute Gasteiger partial charge is 0.253 e. The number of carbonyl (C=O) groups excluding carboxylic acids is 2. The molecule has 0 unspecified atom stereocenters. The van der Waals surface area contributed by atoms with Crippen molar-refractivity contribution in [2.24, 2.45) is 0 Å². The number of likely N-dealkylation sites (tertiary alicyclic amines) is 1. The number of hydrogen-bond donors (Lipinski definition) is 1. The summed E-state index contributed by atoms with van der Waals surface area (Å²) in [7, 11) is 0. The van der Waals surface area contributed by atoms with Gasteiger partial charge in [0.1, 0.15) is 0 Å². The molecule has 0 bridgehead atoms. The highest BCUT2D eigenvalue weighted by Gasteiger charge is 2.19. The molecule has 1 aliphatic rings. The maximum absolute atomic E-state index is 12.3. The quantitative estimate of drug-likeness (QED) is 0.835. The Balaban J connectivity index is 1.54. The molecule has 1 heterocycles. The van der Waals surface area contributed by atoms with Crippen LogP contribution in [0.25, 0.3) is 0 Å². The summed E-state index contributed by atoms with van der Waals surface area (Å²) in [6, 6.07) is 12.5. The average Bonchev–Trinajstić information content (AvgIpc) is 3.18. The molecule has 26 heavy (non-hydrogen) atoms. The Bertz CT molecular complexity index is 780. The fraction of sp³-hybridized carbons (Fsp3) is 0.300. The van der Waals surface area contributed by atoms with Crippen LogP contribution < -0.4 is 5.32 Å². The van der Waals surface area contributed by atoms with E-state index in [-0.39, 0.29) is 18.2 Å². The van der Waals surface area contributed by atoms with Crippen molar-refractivity contribution in [3.05, 3.63) is 69.2 Å². The Morgan fingerprint density at radius 1 is 0.962 bits per heavy atom. The lowest BCUT2D eigenvalue weighted by Gasteiger charge is -2.15. The van der Waals surface area contributed by atoms with Gasteiger partial charge in [0, 0.05) is 35.2 Å². The van der Waals surface area contributed by atoms with E-state index in [1.54, 1.807) is 18.2 Å². The van der Waals surface area contributed by atoms with Gasteiger partial charge in [-0.25, -0.2) is 0 Å². The molecule has 3 rings (SSSR count). The second kappa shape index (κ2) is 8.56. The number of nitrogens with zero attached hydrogens (tertiary/aromatic N) is 1. The Labute approximate surface area is 163 Å². The topological polar surface area (TPSA) is 49.4 Å². The molecular formula is C20H20Cl2N2O2. The van der Waals surface area contributed by atoms with Gasteiger partial charge in [0.05, 0.1) is 6.42 Å². The van der Waals surface area contributed by atoms with Crippen molar-refractivity contribution in [1.82, 2.24) is 10.2 Å². The molecule has 2 aromatic carbocycles. The van der Waals surface area contributed by atoms with E-state index in [0.717, 1.165) is 31.5 Å². The molecule has 1 saturated heterocycles. The minimum atomic E-state index is -0.155. The van der Waals surface area contributed by atoms with Gasteiger partial charge in [-0.05, 0) is 48.2 Å². The number of nitrogens with one attached hydrogen (secondary N) is 1. The largest absolute Gasteiger partial charge is 0.352 e. The molecule has 0 atom stereocenters. The minimum Gasteiger partial charge on any atom is -0.352 e. The van der Waals surface area contributed by atoms with Crippen LogP contribution in [0.15, 0.2) is 42.5 Å². The fourth-order valence-corrected chi connectivity index (χ4v) is 3.52. The molecule has 2 amide bonds. The van der Waals surface area contributed by atoms with Crippen LogP contribution in [0.4, 0.5) is 0 Å². The van der Waals surface area contributed by atoms with Gasteiger partial charge in [-0.2, -0.15) is 0 Å². The zero-order chi connectivity index (χ0) is 18.5. The third kappa shape index (κ3) is 4.57. The van der Waals surface area contributed by atoms with Crippen LogP contribution in [0.1, 0.15) is 34.3 Å². The zero-order valence-electron chi connectivity index (χ0n) is 14.3. The molecule has 0 radical (unpaired) electrons. The summed E-state index contributed by atoms with van der Waals surface area (Å²) < 4.78 is 0. The SMILES string of the molecule is O=C(Cc1c(Cl)cccc1Cl)NCc1ccc(C(=O)N2CCCC2)cc1. The van der Waals surface area contributed by atoms with Crippen LogP contribution in [0.2, 0.25) is 10.0 Å². The predicted octanol–water partition coefficient (Wildman–Crippen LogP) is 4.09. The molecule has 2 aromatic rings. The summed E-state index contributed by atoms with van der Waals surface area (Å²) in [6.07, 6.45) is 2.28. The molecule has 1 N–H and O–H groups in total. The molecule has 0 saturated carbocycles. The number of amides is 2. The molecule has 0 aliphatic carbocycles. The van der Waals surface area contributed by atoms with Crippen LogP contribution in [0.3, 0.4) is 0 Å². The van der Waals surface area contributed by atoms with Gasteiger partial charge in [0.15, 0.2) is 0 Å². The molecule has 1 aliphatic heterocycles. The highest BCUT2D eigenvalue weighted by Crippen LogP contribution is 2.24. The Morgan fingerprint density at radius 3 is 2.19 bits per heavy atom. The molecule has 136 valence electrons. The van der Waals surface area contributed by atoms with Crippen molar-refractivity contribution in [3.63, 3.8) is 0 Å². The molecular weight excluding hydrogens is 371 g/mol. The highest BCUT2D eigenvalue weighted by molar-refractivity contribution is 6.36. The molecule has 6 heteroatoms. The monoisotopic (exact) mass is 390 g/mol. The zero-order valence-corrected chi connectivity index (χ0v) is 15.8. The second-order valence-corrected chi connectivity index (χ2v) is 7.16. The van der Waals surface area contributed by atoms with Gasteiger partial charge in [-0.1, -0.05) is 41.4 Å². The van der Waals surface area contributed by atoms with Crippen molar-refractivity contribution in [2.45, 2.75) is 25.8 Å². The third-order valence-electron chi connectivity index (χ3n) is 4.48. The summed E-state index contributed by atoms with van der Waals surface area (Å²) in [4.78, 5) is 26.4. The van der Waals surface area contributed by atoms with E-state index >= 15 is 0 Å². The van der Waals surface area contributed by atoms with Crippen molar-refractivity contribution in [1.29, 1.82) is 0 Å². The fourth-order valence-electron chi connectivity index (χ4n) is 2.99. The van der Waals surface area contributed by atoms with Crippen molar-refractivity contribution in [3.8, 4) is 0 Å². The van der Waals surface area contributed by atoms with Crippen LogP contribution in [0, 0.1) is 0 Å². The highest BCUT2D eigenvalue weighted by atomic mass is 35.5. The van der Waals surface area contributed by atoms with Gasteiger partial charge in [-0.15, -0.1) is 0 Å². The maximum atomic E-state index is 12.3. The summed E-state index contributed by atoms with van der Waals surface area (Å²) in [6.45, 7) is 2.06. The first-order valence-electron chi connectivity index (χ1n) is 8.62. The standard InChI is InChI=1S/C20H20Cl2N2O2/c21-17-4-3-5-18(22)16(17)12-19(25)23-13-14-6-8-15(9-7-14)20(26)24-10-1-2-11-24/h3-9H,1-2,10-13H2,(H,23,25). The van der Waals surface area contributed by atoms with Crippen LogP contribution >= 0.6 is 23.2 Å². The predicted molar refractivity (Wildman–Crippen MR) is 104 cm³/mol. The number of hydrogen-bond acceptors (Lipinski definition) is 2. The second-order valence-electron chi connectivity index (χ2n) is 6.35. The Hall–Kier alpha value is -2.04. The van der Waals surface area contributed by atoms with Gasteiger partial charge >= 0.3 is 0 Å². The Morgan fingerprint density at radius 2 is 1.58 bits per heavy atom. The summed E-state index contributed by atoms with van der Waals surface area (Å²) >= 11 is 12.2. The van der Waals surface area contributed by atoms with Crippen LogP contribution in [-0.2, 0) is 17.8 Å². The van der Waals surface area contributed by atoms with E-state index in [2.05, 4.69) is 5.32 Å². The van der Waals surface area contributed by atoms with E-state index in [1.165, 1.54) is 0 Å². The number of benzene rings is 2. The normalized spacial score (nSPS) is 13.7.